The van der Waals surface area contributed by atoms with Gasteiger partial charge in [0.1, 0.15) is 5.54 Å². The molecule has 0 aromatic heterocycles. The fraction of sp³-hybridized carbons (Fsp3) is 0.561. The summed E-state index contributed by atoms with van der Waals surface area (Å²) in [4.78, 5) is 58.4. The molecule has 1 aliphatic carbocycles. The number of imide groups is 1. The molecule has 1 saturated carbocycles. The number of nitriles is 1. The van der Waals surface area contributed by atoms with Crippen molar-refractivity contribution in [1.82, 2.24) is 20.0 Å². The van der Waals surface area contributed by atoms with Crippen LogP contribution in [0.1, 0.15) is 89.8 Å². The van der Waals surface area contributed by atoms with E-state index in [-0.39, 0.29) is 78.1 Å². The van der Waals surface area contributed by atoms with Gasteiger partial charge < -0.3 is 15.0 Å². The molecule has 4 amide bonds. The number of thiocarbonyl (C=S) groups is 1. The quantitative estimate of drug-likeness (QED) is 0.224. The standard InChI is InChI=1S/C41H50F3N7O5S.ClH/c1-25-22-48(23-26(2)49(25)24-35(53)46-29-9-7-28(8-10-29)40(5)17-16-34(52)47-36(40)54)18-19-56-32-14-12-30(13-15-32)51-38(57)50(37(55)39(51,3)4)31-11-6-27(21-45)33(20-31)41(42,43)44;/h6-11,20,25-26,30,32H,12-19,22-24H2,1-5H3,(H,46,53)(H,47,52,54);1H/t25-,26+,30?,32?,40-;/m0./s1. The van der Waals surface area contributed by atoms with Crippen LogP contribution in [0.3, 0.4) is 0 Å². The van der Waals surface area contributed by atoms with E-state index in [1.807, 2.05) is 24.0 Å². The molecule has 0 unspecified atom stereocenters. The number of carbonyl (C=O) groups is 4. The third-order valence-corrected chi connectivity index (χ3v) is 12.5. The predicted octanol–water partition coefficient (Wildman–Crippen LogP) is 5.77. The smallest absolute Gasteiger partial charge is 0.377 e. The molecular formula is C41H51ClF3N7O5S. The van der Waals surface area contributed by atoms with Gasteiger partial charge in [-0.3, -0.25) is 39.2 Å². The summed E-state index contributed by atoms with van der Waals surface area (Å²) >= 11 is 5.74. The number of piperidine rings is 1. The van der Waals surface area contributed by atoms with Gasteiger partial charge >= 0.3 is 6.18 Å². The lowest BCUT2D eigenvalue weighted by Crippen LogP contribution is -2.58. The molecular weight excluding hydrogens is 795 g/mol. The number of anilines is 2. The first-order chi connectivity index (χ1) is 26.8. The maximum atomic E-state index is 13.7. The van der Waals surface area contributed by atoms with E-state index in [1.54, 1.807) is 32.0 Å². The zero-order valence-corrected chi connectivity index (χ0v) is 35.0. The average molecular weight is 846 g/mol. The molecule has 0 radical (unpaired) electrons. The molecule has 3 saturated heterocycles. The largest absolute Gasteiger partial charge is 0.417 e. The number of rotatable bonds is 10. The number of benzene rings is 2. The highest BCUT2D eigenvalue weighted by Gasteiger charge is 2.53. The highest BCUT2D eigenvalue weighted by Crippen LogP contribution is 2.41. The number of hydrogen-bond donors (Lipinski definition) is 2. The maximum Gasteiger partial charge on any atom is 0.417 e. The van der Waals surface area contributed by atoms with Crippen molar-refractivity contribution in [2.75, 3.05) is 43.0 Å². The highest BCUT2D eigenvalue weighted by atomic mass is 35.5. The summed E-state index contributed by atoms with van der Waals surface area (Å²) in [7, 11) is 0. The van der Waals surface area contributed by atoms with E-state index in [2.05, 4.69) is 34.3 Å². The van der Waals surface area contributed by atoms with Gasteiger partial charge in [0.25, 0.3) is 5.91 Å². The lowest BCUT2D eigenvalue weighted by atomic mass is 9.75. The van der Waals surface area contributed by atoms with Crippen LogP contribution >= 0.6 is 24.6 Å². The fourth-order valence-corrected chi connectivity index (χ4v) is 9.37. The summed E-state index contributed by atoms with van der Waals surface area (Å²) in [5.74, 6) is -1.11. The van der Waals surface area contributed by atoms with Gasteiger partial charge in [0.15, 0.2) is 5.11 Å². The van der Waals surface area contributed by atoms with Crippen LogP contribution in [0.5, 0.6) is 0 Å². The van der Waals surface area contributed by atoms with Gasteiger partial charge in [0.2, 0.25) is 17.7 Å². The van der Waals surface area contributed by atoms with Crippen molar-refractivity contribution in [3.8, 4) is 6.07 Å². The summed E-state index contributed by atoms with van der Waals surface area (Å²) in [5, 5.41) is 14.8. The lowest BCUT2D eigenvalue weighted by Gasteiger charge is -2.44. The Labute approximate surface area is 348 Å². The van der Waals surface area contributed by atoms with Crippen molar-refractivity contribution in [2.45, 2.75) is 115 Å². The normalized spacial score (nSPS) is 26.9. The Morgan fingerprint density at radius 1 is 1.02 bits per heavy atom. The summed E-state index contributed by atoms with van der Waals surface area (Å²) < 4.78 is 47.5. The molecule has 3 atom stereocenters. The van der Waals surface area contributed by atoms with Gasteiger partial charge in [-0.2, -0.15) is 18.4 Å². The van der Waals surface area contributed by atoms with E-state index in [9.17, 15) is 37.6 Å². The summed E-state index contributed by atoms with van der Waals surface area (Å²) in [6.45, 7) is 12.6. The van der Waals surface area contributed by atoms with Crippen molar-refractivity contribution < 1.29 is 37.1 Å². The molecule has 2 aromatic rings. The van der Waals surface area contributed by atoms with Crippen LogP contribution in [0.25, 0.3) is 0 Å². The Morgan fingerprint density at radius 2 is 1.66 bits per heavy atom. The van der Waals surface area contributed by atoms with Crippen molar-refractivity contribution in [1.29, 1.82) is 5.26 Å². The van der Waals surface area contributed by atoms with Gasteiger partial charge in [-0.1, -0.05) is 12.1 Å². The number of ether oxygens (including phenoxy) is 1. The molecule has 4 fully saturated rings. The zero-order valence-electron chi connectivity index (χ0n) is 33.4. The van der Waals surface area contributed by atoms with E-state index in [1.165, 1.54) is 6.07 Å². The van der Waals surface area contributed by atoms with Crippen LogP contribution in [0.15, 0.2) is 42.5 Å². The van der Waals surface area contributed by atoms with Gasteiger partial charge in [-0.15, -0.1) is 12.4 Å². The molecule has 12 nitrogen and oxygen atoms in total. The van der Waals surface area contributed by atoms with E-state index in [4.69, 9.17) is 17.0 Å². The van der Waals surface area contributed by atoms with Crippen LogP contribution in [-0.4, -0.2) is 106 Å². The first-order valence-corrected chi connectivity index (χ1v) is 19.9. The molecule has 3 aliphatic heterocycles. The molecule has 17 heteroatoms. The zero-order chi connectivity index (χ0) is 41.4. The van der Waals surface area contributed by atoms with Crippen molar-refractivity contribution >= 4 is 64.7 Å². The number of halogens is 4. The van der Waals surface area contributed by atoms with E-state index < -0.39 is 34.2 Å². The monoisotopic (exact) mass is 845 g/mol. The van der Waals surface area contributed by atoms with Crippen molar-refractivity contribution in [3.05, 3.63) is 59.2 Å². The predicted molar refractivity (Wildman–Crippen MR) is 218 cm³/mol. The number of hydrogen-bond acceptors (Lipinski definition) is 9. The molecule has 3 heterocycles. The Kier molecular flexibility index (Phi) is 13.6. The number of nitrogens with one attached hydrogen (secondary N) is 2. The molecule has 0 bridgehead atoms. The van der Waals surface area contributed by atoms with Crippen LogP contribution in [0.4, 0.5) is 24.5 Å². The lowest BCUT2D eigenvalue weighted by molar-refractivity contribution is -0.138. The second-order valence-corrected chi connectivity index (χ2v) is 16.8. The number of nitrogens with zero attached hydrogens (tertiary/aromatic N) is 5. The van der Waals surface area contributed by atoms with Gasteiger partial charge in [0, 0.05) is 49.9 Å². The SMILES string of the molecule is C[C@@H]1CN(CCOC2CCC(N3C(=S)N(c4ccc(C#N)c(C(F)(F)F)c4)C(=O)C3(C)C)CC2)C[C@H](C)N1CC(=O)Nc1ccc([C@]2(C)CCC(=O)NC2=O)cc1.Cl. The molecule has 6 rings (SSSR count). The van der Waals surface area contributed by atoms with Gasteiger partial charge in [-0.25, -0.2) is 0 Å². The third kappa shape index (κ3) is 9.18. The number of alkyl halides is 3. The van der Waals surface area contributed by atoms with Gasteiger partial charge in [0.05, 0.1) is 47.6 Å². The summed E-state index contributed by atoms with van der Waals surface area (Å²) in [5.41, 5.74) is -2.08. The molecule has 314 valence electrons. The fourth-order valence-electron chi connectivity index (χ4n) is 8.80. The highest BCUT2D eigenvalue weighted by molar-refractivity contribution is 7.80. The number of carbonyl (C=O) groups excluding carboxylic acids is 4. The number of amides is 4. The Balaban J connectivity index is 0.00000641. The van der Waals surface area contributed by atoms with Crippen molar-refractivity contribution in [2.24, 2.45) is 0 Å². The van der Waals surface area contributed by atoms with E-state index in [0.717, 1.165) is 55.1 Å². The second-order valence-electron chi connectivity index (χ2n) is 16.5. The van der Waals surface area contributed by atoms with Crippen LogP contribution < -0.4 is 15.5 Å². The molecule has 4 aliphatic rings. The van der Waals surface area contributed by atoms with Crippen LogP contribution in [0.2, 0.25) is 0 Å². The Morgan fingerprint density at radius 3 is 2.24 bits per heavy atom. The third-order valence-electron chi connectivity index (χ3n) is 12.1. The minimum absolute atomic E-state index is 0. The minimum atomic E-state index is -4.76. The topological polar surface area (TPSA) is 138 Å². The first-order valence-electron chi connectivity index (χ1n) is 19.5. The number of piperazine rings is 1. The molecule has 58 heavy (non-hydrogen) atoms. The Hall–Kier alpha value is -4.14. The molecule has 0 spiro atoms. The average Bonchev–Trinajstić information content (AvgIpc) is 3.33. The summed E-state index contributed by atoms with van der Waals surface area (Å²) in [6, 6.07) is 12.2. The first kappa shape index (κ1) is 45.0. The second kappa shape index (κ2) is 17.6. The summed E-state index contributed by atoms with van der Waals surface area (Å²) in [6.07, 6.45) is -1.12. The van der Waals surface area contributed by atoms with E-state index >= 15 is 0 Å². The van der Waals surface area contributed by atoms with Crippen molar-refractivity contribution in [3.63, 3.8) is 0 Å². The Bertz CT molecular complexity index is 1940. The molecule has 2 N–H and O–H groups in total. The maximum absolute atomic E-state index is 13.7. The van der Waals surface area contributed by atoms with E-state index in [0.29, 0.717) is 31.6 Å². The minimum Gasteiger partial charge on any atom is -0.377 e. The van der Waals surface area contributed by atoms with Crippen LogP contribution in [0, 0.1) is 11.3 Å². The van der Waals surface area contributed by atoms with Gasteiger partial charge in [-0.05, 0) is 115 Å². The molecule has 2 aromatic carbocycles. The van der Waals surface area contributed by atoms with Crippen LogP contribution in [-0.2, 0) is 35.5 Å².